The number of aliphatic hydroxyl groups excluding tert-OH is 1. The van der Waals surface area contributed by atoms with Gasteiger partial charge < -0.3 is 39.5 Å². The first kappa shape index (κ1) is 47.1. The number of rotatable bonds is 21. The molecule has 2 fully saturated rings. The summed E-state index contributed by atoms with van der Waals surface area (Å²) in [7, 11) is 0. The second-order valence-corrected chi connectivity index (χ2v) is 18.0. The number of nitrogens with zero attached hydrogens (tertiary/aromatic N) is 4. The van der Waals surface area contributed by atoms with E-state index in [1.54, 1.807) is 47.7 Å². The molecule has 0 radical (unpaired) electrons. The molecule has 18 nitrogen and oxygen atoms in total. The van der Waals surface area contributed by atoms with Gasteiger partial charge in [0.25, 0.3) is 5.91 Å². The number of aliphatic hydroxyl groups is 1. The lowest BCUT2D eigenvalue weighted by atomic mass is 9.95. The van der Waals surface area contributed by atoms with Crippen molar-refractivity contribution in [3.8, 4) is 11.5 Å². The molecule has 328 valence electrons. The molecule has 2 aliphatic heterocycles. The first-order valence-electron chi connectivity index (χ1n) is 20.1. The Morgan fingerprint density at radius 1 is 1.00 bits per heavy atom. The molecule has 59 heavy (non-hydrogen) atoms. The average molecular weight is 847 g/mol. The van der Waals surface area contributed by atoms with E-state index in [0.29, 0.717) is 44.3 Å². The van der Waals surface area contributed by atoms with Crippen LogP contribution in [0.3, 0.4) is 0 Å². The first-order chi connectivity index (χ1) is 27.7. The molecule has 0 spiro atoms. The fourth-order valence-electron chi connectivity index (χ4n) is 5.63. The molecule has 0 unspecified atom stereocenters. The number of aromatic nitrogens is 2. The fraction of sp³-hybridized carbons (Fsp3) is 0.675. The number of ether oxygens (including phenoxy) is 4. The summed E-state index contributed by atoms with van der Waals surface area (Å²) in [4.78, 5) is 68.4. The molecule has 0 saturated carbocycles. The number of amides is 3. The van der Waals surface area contributed by atoms with Gasteiger partial charge in [0, 0.05) is 43.5 Å². The molecule has 4 heterocycles. The number of thiazole rings is 1. The Morgan fingerprint density at radius 2 is 1.64 bits per heavy atom. The molecule has 4 rings (SSSR count). The minimum Gasteiger partial charge on any atom is -0.490 e. The van der Waals surface area contributed by atoms with Gasteiger partial charge in [-0.2, -0.15) is 0 Å². The SMILES string of the molecule is CCCCOc1cnc(CN2CC([C@H](O)NC[C@H]3NC(=O)[C@H]3NC(=O)/C(=N\OC(C)(C)C(=O)OC(C)(C)C)c3csc(NC(=O)OC(C)(C)C)n3)C2)cc1OCCCC. The lowest BCUT2D eigenvalue weighted by Gasteiger charge is -2.43. The van der Waals surface area contributed by atoms with E-state index >= 15 is 0 Å². The summed E-state index contributed by atoms with van der Waals surface area (Å²) in [5.74, 6) is -0.746. The largest absolute Gasteiger partial charge is 0.490 e. The van der Waals surface area contributed by atoms with Crippen LogP contribution in [0.2, 0.25) is 0 Å². The maximum atomic E-state index is 13.8. The second kappa shape index (κ2) is 20.6. The summed E-state index contributed by atoms with van der Waals surface area (Å²) < 4.78 is 22.7. The van der Waals surface area contributed by atoms with Gasteiger partial charge in [-0.3, -0.25) is 30.1 Å². The number of nitrogens with one attached hydrogen (secondary N) is 4. The Balaban J connectivity index is 1.35. The molecule has 2 aromatic heterocycles. The van der Waals surface area contributed by atoms with Crippen molar-refractivity contribution in [3.63, 3.8) is 0 Å². The number of oxime groups is 1. The van der Waals surface area contributed by atoms with Crippen LogP contribution in [-0.2, 0) is 35.2 Å². The van der Waals surface area contributed by atoms with Gasteiger partial charge in [-0.25, -0.2) is 14.6 Å². The Bertz CT molecular complexity index is 1780. The first-order valence-corrected chi connectivity index (χ1v) is 21.0. The van der Waals surface area contributed by atoms with Crippen LogP contribution in [0, 0.1) is 5.92 Å². The molecule has 2 aliphatic rings. The van der Waals surface area contributed by atoms with Crippen LogP contribution >= 0.6 is 11.3 Å². The lowest BCUT2D eigenvalue weighted by molar-refractivity contribution is -0.179. The molecule has 0 bridgehead atoms. The summed E-state index contributed by atoms with van der Waals surface area (Å²) in [5.41, 5.74) is -2.70. The lowest BCUT2D eigenvalue weighted by Crippen LogP contribution is -2.72. The maximum absolute atomic E-state index is 13.8. The topological polar surface area (TPSA) is 224 Å². The normalized spacial score (nSPS) is 18.2. The Labute approximate surface area is 350 Å². The third kappa shape index (κ3) is 14.6. The summed E-state index contributed by atoms with van der Waals surface area (Å²) in [6.07, 6.45) is 4.02. The number of hydrogen-bond acceptors (Lipinski definition) is 16. The molecular weight excluding hydrogens is 785 g/mol. The molecular formula is C40H62N8O10S. The van der Waals surface area contributed by atoms with Crippen molar-refractivity contribution in [2.24, 2.45) is 11.1 Å². The summed E-state index contributed by atoms with van der Waals surface area (Å²) in [6.45, 7) is 20.5. The van der Waals surface area contributed by atoms with Crippen LogP contribution in [0.15, 0.2) is 22.8 Å². The van der Waals surface area contributed by atoms with E-state index in [4.69, 9.17) is 23.8 Å². The monoisotopic (exact) mass is 846 g/mol. The van der Waals surface area contributed by atoms with Crippen LogP contribution in [0.4, 0.5) is 9.93 Å². The second-order valence-electron chi connectivity index (χ2n) is 17.1. The minimum atomic E-state index is -1.62. The molecule has 0 aromatic carbocycles. The number of hydrogen-bond donors (Lipinski definition) is 5. The van der Waals surface area contributed by atoms with Crippen molar-refractivity contribution < 1.29 is 48.1 Å². The smallest absolute Gasteiger partial charge is 0.413 e. The van der Waals surface area contributed by atoms with Gasteiger partial charge in [-0.05, 0) is 68.2 Å². The quantitative estimate of drug-likeness (QED) is 0.0298. The highest BCUT2D eigenvalue weighted by atomic mass is 32.1. The molecule has 2 saturated heterocycles. The average Bonchev–Trinajstić information content (AvgIpc) is 3.57. The van der Waals surface area contributed by atoms with Gasteiger partial charge in [0.1, 0.15) is 29.2 Å². The maximum Gasteiger partial charge on any atom is 0.413 e. The van der Waals surface area contributed by atoms with Crippen molar-refractivity contribution in [1.29, 1.82) is 0 Å². The van der Waals surface area contributed by atoms with Crippen molar-refractivity contribution in [3.05, 3.63) is 29.0 Å². The van der Waals surface area contributed by atoms with E-state index in [2.05, 4.69) is 55.1 Å². The Morgan fingerprint density at radius 3 is 2.25 bits per heavy atom. The van der Waals surface area contributed by atoms with E-state index in [9.17, 15) is 24.3 Å². The Hall–Kier alpha value is -4.59. The fourth-order valence-corrected chi connectivity index (χ4v) is 6.31. The zero-order valence-electron chi connectivity index (χ0n) is 35.9. The molecule has 0 aliphatic carbocycles. The van der Waals surface area contributed by atoms with Gasteiger partial charge in [0.05, 0.1) is 31.1 Å². The molecule has 2 aromatic rings. The predicted octanol–water partition coefficient (Wildman–Crippen LogP) is 4.11. The highest BCUT2D eigenvalue weighted by Gasteiger charge is 2.43. The minimum absolute atomic E-state index is 0.00427. The molecule has 3 amide bonds. The van der Waals surface area contributed by atoms with E-state index in [-0.39, 0.29) is 29.0 Å². The van der Waals surface area contributed by atoms with E-state index in [1.165, 1.54) is 19.2 Å². The summed E-state index contributed by atoms with van der Waals surface area (Å²) in [5, 5.41) is 27.6. The number of likely N-dealkylation sites (tertiary alicyclic amines) is 1. The van der Waals surface area contributed by atoms with Crippen LogP contribution in [0.1, 0.15) is 106 Å². The Kier molecular flexibility index (Phi) is 16.4. The number of esters is 1. The molecule has 3 atom stereocenters. The van der Waals surface area contributed by atoms with Gasteiger partial charge in [-0.1, -0.05) is 31.8 Å². The van der Waals surface area contributed by atoms with Gasteiger partial charge in [-0.15, -0.1) is 11.3 Å². The number of carbonyl (C=O) groups is 4. The van der Waals surface area contributed by atoms with Crippen molar-refractivity contribution in [1.82, 2.24) is 30.8 Å². The van der Waals surface area contributed by atoms with Crippen LogP contribution in [0.25, 0.3) is 0 Å². The molecule has 19 heteroatoms. The number of anilines is 1. The van der Waals surface area contributed by atoms with Crippen molar-refractivity contribution >= 4 is 46.1 Å². The number of carbonyl (C=O) groups excluding carboxylic acids is 4. The summed E-state index contributed by atoms with van der Waals surface area (Å²) >= 11 is 1.00. The van der Waals surface area contributed by atoms with Crippen LogP contribution < -0.4 is 30.7 Å². The van der Waals surface area contributed by atoms with Crippen LogP contribution in [-0.4, -0.2) is 118 Å². The number of pyridine rings is 1. The number of unbranched alkanes of at least 4 members (excludes halogenated alkanes) is 2. The van der Waals surface area contributed by atoms with Crippen LogP contribution in [0.5, 0.6) is 11.5 Å². The number of β-lactam (4-membered cyclic amide) rings is 1. The standard InChI is InChI=1S/C40H62N8O10S/c1-11-13-15-54-28-17-25(41-19-29(28)55-16-14-12-2)22-48-20-24(21-48)32(49)42-18-26-30(33(50)43-26)45-34(51)31(47-58-40(9,10)35(52)56-38(3,4)5)27-23-59-36(44-27)46-37(53)57-39(6,7)8/h17,19,23-24,26,30,32,42,49H,11-16,18,20-22H2,1-10H3,(H,43,50)(H,45,51)(H,44,46,53)/b47-31-/t26-,30+,32+/m1/s1. The van der Waals surface area contributed by atoms with E-state index in [0.717, 1.165) is 42.7 Å². The zero-order chi connectivity index (χ0) is 43.5. The van der Waals surface area contributed by atoms with Gasteiger partial charge in [0.15, 0.2) is 22.3 Å². The summed E-state index contributed by atoms with van der Waals surface area (Å²) in [6, 6.07) is 0.368. The zero-order valence-corrected chi connectivity index (χ0v) is 36.7. The van der Waals surface area contributed by atoms with E-state index < -0.39 is 59.0 Å². The van der Waals surface area contributed by atoms with Crippen molar-refractivity contribution in [2.75, 3.05) is 38.2 Å². The van der Waals surface area contributed by atoms with E-state index in [1.807, 2.05) is 6.07 Å². The molecule has 5 N–H and O–H groups in total. The highest BCUT2D eigenvalue weighted by molar-refractivity contribution is 7.14. The van der Waals surface area contributed by atoms with Crippen molar-refractivity contribution in [2.45, 2.75) is 137 Å². The van der Waals surface area contributed by atoms with Gasteiger partial charge in [0.2, 0.25) is 11.5 Å². The van der Waals surface area contributed by atoms with Gasteiger partial charge >= 0.3 is 12.1 Å². The third-order valence-corrected chi connectivity index (χ3v) is 9.65. The highest BCUT2D eigenvalue weighted by Crippen LogP contribution is 2.30. The predicted molar refractivity (Wildman–Crippen MR) is 221 cm³/mol. The third-order valence-electron chi connectivity index (χ3n) is 8.89.